The number of fused-ring (bicyclic) bond motifs is 1. The third-order valence-electron chi connectivity index (χ3n) is 4.56. The van der Waals surface area contributed by atoms with Gasteiger partial charge in [0.2, 0.25) is 15.9 Å². The molecule has 0 atom stereocenters. The van der Waals surface area contributed by atoms with Crippen LogP contribution < -0.4 is 10.5 Å². The van der Waals surface area contributed by atoms with Crippen molar-refractivity contribution in [2.75, 3.05) is 13.2 Å². The zero-order valence-electron chi connectivity index (χ0n) is 14.5. The molecule has 1 aliphatic heterocycles. The average Bonchev–Trinajstić information content (AvgIpc) is 3.26. The normalized spacial score (nSPS) is 16.2. The monoisotopic (exact) mass is 394 g/mol. The van der Waals surface area contributed by atoms with Crippen LogP contribution in [0.15, 0.2) is 36.8 Å². The van der Waals surface area contributed by atoms with Crippen molar-refractivity contribution in [1.82, 2.24) is 19.4 Å². The van der Waals surface area contributed by atoms with Crippen LogP contribution in [0.4, 0.5) is 0 Å². The van der Waals surface area contributed by atoms with E-state index in [1.165, 1.54) is 29.8 Å². The van der Waals surface area contributed by atoms with E-state index in [4.69, 9.17) is 13.7 Å². The number of ether oxygens (including phenoxy) is 1. The summed E-state index contributed by atoms with van der Waals surface area (Å²) in [5.74, 6) is 0.371. The molecular formula is C16H18N4O6S. The zero-order valence-corrected chi connectivity index (χ0v) is 15.4. The fourth-order valence-corrected chi connectivity index (χ4v) is 3.97. The number of rotatable bonds is 5. The van der Waals surface area contributed by atoms with Crippen LogP contribution in [0, 0.1) is 0 Å². The third kappa shape index (κ3) is 3.53. The molecule has 11 heteroatoms. The highest BCUT2D eigenvalue weighted by atomic mass is 32.2. The highest BCUT2D eigenvalue weighted by Crippen LogP contribution is 2.24. The lowest BCUT2D eigenvalue weighted by Crippen LogP contribution is -2.23. The molecule has 27 heavy (non-hydrogen) atoms. The highest BCUT2D eigenvalue weighted by molar-refractivity contribution is 7.89. The van der Waals surface area contributed by atoms with Gasteiger partial charge in [-0.3, -0.25) is 4.57 Å². The van der Waals surface area contributed by atoms with E-state index in [0.717, 1.165) is 12.8 Å². The molecule has 0 amide bonds. The summed E-state index contributed by atoms with van der Waals surface area (Å²) in [7, 11) is -2.32. The molecule has 10 nitrogen and oxygen atoms in total. The van der Waals surface area contributed by atoms with E-state index in [9.17, 15) is 13.2 Å². The molecule has 0 spiro atoms. The first-order valence-corrected chi connectivity index (χ1v) is 9.92. The average molecular weight is 394 g/mol. The minimum absolute atomic E-state index is 0.00979. The Morgan fingerprint density at radius 3 is 2.85 bits per heavy atom. The van der Waals surface area contributed by atoms with Gasteiger partial charge in [0.25, 0.3) is 0 Å². The molecule has 0 aliphatic carbocycles. The maximum absolute atomic E-state index is 12.5. The molecule has 4 rings (SSSR count). The number of aryl methyl sites for hydroxylation is 1. The highest BCUT2D eigenvalue weighted by Gasteiger charge is 2.22. The van der Waals surface area contributed by atoms with Gasteiger partial charge < -0.3 is 13.7 Å². The Bertz CT molecular complexity index is 1120. The van der Waals surface area contributed by atoms with Gasteiger partial charge in [-0.2, -0.15) is 4.98 Å². The SMILES string of the molecule is Cn1c(=O)oc2ccc(S(=O)(=O)NCc3nc(C4CCOCC4)no3)cc21. The van der Waals surface area contributed by atoms with Crippen LogP contribution in [-0.4, -0.2) is 36.3 Å². The summed E-state index contributed by atoms with van der Waals surface area (Å²) >= 11 is 0. The number of hydrogen-bond acceptors (Lipinski definition) is 8. The summed E-state index contributed by atoms with van der Waals surface area (Å²) in [5.41, 5.74) is 0.710. The smallest absolute Gasteiger partial charge is 0.408 e. The Kier molecular flexibility index (Phi) is 4.58. The number of nitrogens with one attached hydrogen (secondary N) is 1. The fourth-order valence-electron chi connectivity index (χ4n) is 2.98. The van der Waals surface area contributed by atoms with Crippen molar-refractivity contribution in [3.63, 3.8) is 0 Å². The van der Waals surface area contributed by atoms with Crippen LogP contribution in [0.5, 0.6) is 0 Å². The standard InChI is InChI=1S/C16H18N4O6S/c1-20-12-8-11(2-3-13(12)25-16(20)21)27(22,23)17-9-14-18-15(19-26-14)10-4-6-24-7-5-10/h2-3,8,10,17H,4-7,9H2,1H3. The summed E-state index contributed by atoms with van der Waals surface area (Å²) in [6, 6.07) is 4.19. The van der Waals surface area contributed by atoms with E-state index in [1.807, 2.05) is 0 Å². The molecule has 1 aliphatic rings. The molecule has 3 heterocycles. The second-order valence-electron chi connectivity index (χ2n) is 6.31. The molecular weight excluding hydrogens is 376 g/mol. The Morgan fingerprint density at radius 2 is 2.07 bits per heavy atom. The van der Waals surface area contributed by atoms with Crippen LogP contribution >= 0.6 is 0 Å². The number of nitrogens with zero attached hydrogens (tertiary/aromatic N) is 3. The molecule has 0 radical (unpaired) electrons. The number of benzene rings is 1. The van der Waals surface area contributed by atoms with Gasteiger partial charge in [0, 0.05) is 26.2 Å². The first-order valence-electron chi connectivity index (χ1n) is 8.43. The molecule has 0 bridgehead atoms. The minimum Gasteiger partial charge on any atom is -0.408 e. The van der Waals surface area contributed by atoms with Crippen LogP contribution in [0.25, 0.3) is 11.1 Å². The second-order valence-corrected chi connectivity index (χ2v) is 8.08. The number of sulfonamides is 1. The molecule has 3 aromatic rings. The van der Waals surface area contributed by atoms with Crippen molar-refractivity contribution in [3.8, 4) is 0 Å². The number of aromatic nitrogens is 3. The van der Waals surface area contributed by atoms with Crippen molar-refractivity contribution in [2.45, 2.75) is 30.2 Å². The molecule has 0 unspecified atom stereocenters. The van der Waals surface area contributed by atoms with Gasteiger partial charge in [-0.1, -0.05) is 5.16 Å². The minimum atomic E-state index is -3.83. The summed E-state index contributed by atoms with van der Waals surface area (Å²) in [5, 5.41) is 3.94. The van der Waals surface area contributed by atoms with E-state index in [0.29, 0.717) is 30.1 Å². The van der Waals surface area contributed by atoms with Crippen LogP contribution in [0.2, 0.25) is 0 Å². The van der Waals surface area contributed by atoms with Gasteiger partial charge in [-0.15, -0.1) is 0 Å². The Morgan fingerprint density at radius 1 is 1.30 bits per heavy atom. The largest absolute Gasteiger partial charge is 0.419 e. The summed E-state index contributed by atoms with van der Waals surface area (Å²) in [6.07, 6.45) is 1.63. The van der Waals surface area contributed by atoms with Crippen molar-refractivity contribution in [2.24, 2.45) is 7.05 Å². The molecule has 144 valence electrons. The Balaban J connectivity index is 1.49. The summed E-state index contributed by atoms with van der Waals surface area (Å²) < 4.78 is 44.2. The van der Waals surface area contributed by atoms with Crippen molar-refractivity contribution >= 4 is 21.1 Å². The van der Waals surface area contributed by atoms with Gasteiger partial charge in [0.1, 0.15) is 0 Å². The predicted molar refractivity (Wildman–Crippen MR) is 92.6 cm³/mol. The lowest BCUT2D eigenvalue weighted by Gasteiger charge is -2.18. The first-order chi connectivity index (χ1) is 12.9. The molecule has 1 saturated heterocycles. The maximum atomic E-state index is 12.5. The van der Waals surface area contributed by atoms with E-state index in [-0.39, 0.29) is 23.2 Å². The van der Waals surface area contributed by atoms with E-state index in [1.54, 1.807) is 0 Å². The zero-order chi connectivity index (χ0) is 19.0. The molecule has 2 aromatic heterocycles. The van der Waals surface area contributed by atoms with Gasteiger partial charge in [0.05, 0.1) is 17.0 Å². The number of oxazole rings is 1. The summed E-state index contributed by atoms with van der Waals surface area (Å²) in [4.78, 5) is 15.8. The van der Waals surface area contributed by atoms with Crippen LogP contribution in [0.1, 0.15) is 30.5 Å². The van der Waals surface area contributed by atoms with Crippen LogP contribution in [0.3, 0.4) is 0 Å². The van der Waals surface area contributed by atoms with Crippen molar-refractivity contribution < 1.29 is 22.1 Å². The molecule has 1 aromatic carbocycles. The Labute approximate surface area is 154 Å². The molecule has 1 N–H and O–H groups in total. The second kappa shape index (κ2) is 6.91. The first kappa shape index (κ1) is 17.9. The van der Waals surface area contributed by atoms with Gasteiger partial charge in [-0.25, -0.2) is 17.9 Å². The van der Waals surface area contributed by atoms with E-state index in [2.05, 4.69) is 14.9 Å². The van der Waals surface area contributed by atoms with Crippen molar-refractivity contribution in [1.29, 1.82) is 0 Å². The fraction of sp³-hybridized carbons (Fsp3) is 0.438. The summed E-state index contributed by atoms with van der Waals surface area (Å²) in [6.45, 7) is 1.18. The van der Waals surface area contributed by atoms with Gasteiger partial charge >= 0.3 is 5.76 Å². The molecule has 0 saturated carbocycles. The van der Waals surface area contributed by atoms with Gasteiger partial charge in [-0.05, 0) is 31.0 Å². The Hall–Kier alpha value is -2.50. The predicted octanol–water partition coefficient (Wildman–Crippen LogP) is 0.887. The quantitative estimate of drug-likeness (QED) is 0.675. The molecule has 1 fully saturated rings. The maximum Gasteiger partial charge on any atom is 0.419 e. The van der Waals surface area contributed by atoms with Crippen molar-refractivity contribution in [3.05, 3.63) is 40.5 Å². The topological polar surface area (TPSA) is 129 Å². The van der Waals surface area contributed by atoms with E-state index < -0.39 is 15.8 Å². The van der Waals surface area contributed by atoms with Gasteiger partial charge in [0.15, 0.2) is 11.4 Å². The number of hydrogen-bond donors (Lipinski definition) is 1. The lowest BCUT2D eigenvalue weighted by atomic mass is 10.00. The van der Waals surface area contributed by atoms with Crippen LogP contribution in [-0.2, 0) is 28.4 Å². The van der Waals surface area contributed by atoms with E-state index >= 15 is 0 Å². The lowest BCUT2D eigenvalue weighted by molar-refractivity contribution is 0.0830. The third-order valence-corrected chi connectivity index (χ3v) is 5.96.